The Morgan fingerprint density at radius 2 is 1.67 bits per heavy atom. The van der Waals surface area contributed by atoms with Crippen LogP contribution >= 0.6 is 0 Å². The predicted octanol–water partition coefficient (Wildman–Crippen LogP) is 2.67. The number of piperazine rings is 1. The Morgan fingerprint density at radius 1 is 1.00 bits per heavy atom. The molecule has 0 bridgehead atoms. The maximum Gasteiger partial charge on any atom is 0.257 e. The van der Waals surface area contributed by atoms with E-state index < -0.39 is 0 Å². The summed E-state index contributed by atoms with van der Waals surface area (Å²) in [5.41, 5.74) is 2.69. The zero-order valence-electron chi connectivity index (χ0n) is 17.0. The van der Waals surface area contributed by atoms with Gasteiger partial charge in [0.1, 0.15) is 5.82 Å². The van der Waals surface area contributed by atoms with Gasteiger partial charge in [-0.2, -0.15) is 5.10 Å². The van der Waals surface area contributed by atoms with Crippen LogP contribution in [-0.2, 0) is 9.59 Å². The first-order valence-corrected chi connectivity index (χ1v) is 10.2. The van der Waals surface area contributed by atoms with Crippen LogP contribution in [0, 0.1) is 5.82 Å². The molecule has 2 aromatic carbocycles. The molecular weight excluding hydrogens is 383 g/mol. The summed E-state index contributed by atoms with van der Waals surface area (Å²) in [6.07, 6.45) is 0.583. The quantitative estimate of drug-likeness (QED) is 0.782. The number of carbonyl (C=O) groups is 2. The molecular formula is C23H25FN4O2. The van der Waals surface area contributed by atoms with Gasteiger partial charge in [0.05, 0.1) is 18.3 Å². The van der Waals surface area contributed by atoms with E-state index in [0.29, 0.717) is 32.6 Å². The highest BCUT2D eigenvalue weighted by Crippen LogP contribution is 2.33. The molecule has 0 N–H and O–H groups in total. The summed E-state index contributed by atoms with van der Waals surface area (Å²) < 4.78 is 13.4. The molecule has 1 saturated heterocycles. The van der Waals surface area contributed by atoms with Crippen LogP contribution in [-0.4, -0.2) is 65.1 Å². The van der Waals surface area contributed by atoms with E-state index in [9.17, 15) is 14.0 Å². The second-order valence-corrected chi connectivity index (χ2v) is 7.70. The van der Waals surface area contributed by atoms with E-state index in [1.54, 1.807) is 29.0 Å². The second kappa shape index (κ2) is 8.75. The average molecular weight is 408 g/mol. The maximum absolute atomic E-state index is 13.4. The minimum atomic E-state index is -0.304. The van der Waals surface area contributed by atoms with E-state index >= 15 is 0 Å². The lowest BCUT2D eigenvalue weighted by atomic mass is 9.98. The molecule has 2 amide bonds. The van der Waals surface area contributed by atoms with Gasteiger partial charge in [-0.25, -0.2) is 9.40 Å². The van der Waals surface area contributed by atoms with Gasteiger partial charge in [0, 0.05) is 39.5 Å². The van der Waals surface area contributed by atoms with Gasteiger partial charge in [-0.3, -0.25) is 14.5 Å². The lowest BCUT2D eigenvalue weighted by molar-refractivity contribution is -0.135. The molecule has 0 radical (unpaired) electrons. The van der Waals surface area contributed by atoms with Crippen molar-refractivity contribution < 1.29 is 14.0 Å². The molecule has 0 saturated carbocycles. The Balaban J connectivity index is 1.52. The summed E-state index contributed by atoms with van der Waals surface area (Å²) in [5.74, 6) is -0.331. The molecule has 0 aromatic heterocycles. The number of nitrogens with zero attached hydrogens (tertiary/aromatic N) is 4. The van der Waals surface area contributed by atoms with Crippen molar-refractivity contribution in [3.05, 3.63) is 71.5 Å². The molecule has 0 unspecified atom stereocenters. The van der Waals surface area contributed by atoms with Crippen molar-refractivity contribution in [1.29, 1.82) is 0 Å². The third-order valence-corrected chi connectivity index (χ3v) is 5.70. The highest BCUT2D eigenvalue weighted by Gasteiger charge is 2.34. The van der Waals surface area contributed by atoms with Crippen LogP contribution in [0.5, 0.6) is 0 Å². The summed E-state index contributed by atoms with van der Waals surface area (Å²) in [5, 5.41) is 6.21. The topological polar surface area (TPSA) is 56.2 Å². The summed E-state index contributed by atoms with van der Waals surface area (Å²) in [6.45, 7) is 4.39. The fraction of sp³-hybridized carbons (Fsp3) is 0.348. The van der Waals surface area contributed by atoms with Crippen LogP contribution in [0.25, 0.3) is 0 Å². The third-order valence-electron chi connectivity index (χ3n) is 5.70. The van der Waals surface area contributed by atoms with Gasteiger partial charge in [0.15, 0.2) is 0 Å². The number of halogens is 1. The molecule has 4 rings (SSSR count). The third kappa shape index (κ3) is 4.41. The van der Waals surface area contributed by atoms with Gasteiger partial charge in [-0.1, -0.05) is 42.5 Å². The number of hydrogen-bond donors (Lipinski definition) is 0. The highest BCUT2D eigenvalue weighted by molar-refractivity contribution is 6.03. The smallest absolute Gasteiger partial charge is 0.257 e. The van der Waals surface area contributed by atoms with E-state index in [-0.39, 0.29) is 30.2 Å². The molecule has 1 fully saturated rings. The Labute approximate surface area is 175 Å². The minimum absolute atomic E-state index is 0.0639. The average Bonchev–Trinajstić information content (AvgIpc) is 3.21. The van der Waals surface area contributed by atoms with Crippen LogP contribution in [0.15, 0.2) is 59.7 Å². The molecule has 2 aliphatic rings. The van der Waals surface area contributed by atoms with E-state index in [2.05, 4.69) is 10.0 Å². The molecule has 0 aliphatic carbocycles. The zero-order valence-corrected chi connectivity index (χ0v) is 17.0. The number of amides is 2. The first-order chi connectivity index (χ1) is 14.5. The number of benzene rings is 2. The highest BCUT2D eigenvalue weighted by atomic mass is 19.1. The van der Waals surface area contributed by atoms with Crippen LogP contribution < -0.4 is 0 Å². The fourth-order valence-corrected chi connectivity index (χ4v) is 3.97. The van der Waals surface area contributed by atoms with Crippen molar-refractivity contribution in [2.75, 3.05) is 32.7 Å². The number of carbonyl (C=O) groups excluding carboxylic acids is 2. The summed E-state index contributed by atoms with van der Waals surface area (Å²) >= 11 is 0. The van der Waals surface area contributed by atoms with Gasteiger partial charge in [-0.05, 0) is 23.3 Å². The van der Waals surface area contributed by atoms with E-state index in [1.807, 2.05) is 30.3 Å². The Kier molecular flexibility index (Phi) is 5.90. The molecule has 0 spiro atoms. The standard InChI is InChI=1S/C23H25FN4O2/c1-17(29)27-13-11-26(12-14-27)16-23(30)28-22(19-7-9-20(24)10-8-19)15-21(25-28)18-5-3-2-4-6-18/h2-10,22H,11-16H2,1H3/t22-/m1/s1. The summed E-state index contributed by atoms with van der Waals surface area (Å²) in [4.78, 5) is 28.5. The summed E-state index contributed by atoms with van der Waals surface area (Å²) in [6, 6.07) is 15.8. The van der Waals surface area contributed by atoms with Crippen molar-refractivity contribution >= 4 is 17.5 Å². The molecule has 7 heteroatoms. The monoisotopic (exact) mass is 408 g/mol. The molecule has 6 nitrogen and oxygen atoms in total. The van der Waals surface area contributed by atoms with Gasteiger partial charge in [0.2, 0.25) is 5.91 Å². The van der Waals surface area contributed by atoms with Crippen LogP contribution in [0.4, 0.5) is 4.39 Å². The molecule has 30 heavy (non-hydrogen) atoms. The van der Waals surface area contributed by atoms with Crippen LogP contribution in [0.1, 0.15) is 30.5 Å². The number of hydrazone groups is 1. The largest absolute Gasteiger partial charge is 0.340 e. The number of rotatable bonds is 4. The molecule has 1 atom stereocenters. The molecule has 2 aliphatic heterocycles. The predicted molar refractivity (Wildman–Crippen MR) is 112 cm³/mol. The number of hydrogen-bond acceptors (Lipinski definition) is 4. The van der Waals surface area contributed by atoms with Crippen molar-refractivity contribution in [1.82, 2.24) is 14.8 Å². The van der Waals surface area contributed by atoms with E-state index in [4.69, 9.17) is 0 Å². The minimum Gasteiger partial charge on any atom is -0.340 e. The van der Waals surface area contributed by atoms with E-state index in [0.717, 1.165) is 16.8 Å². The fourth-order valence-electron chi connectivity index (χ4n) is 3.97. The normalized spacial score (nSPS) is 19.7. The van der Waals surface area contributed by atoms with Crippen LogP contribution in [0.2, 0.25) is 0 Å². The van der Waals surface area contributed by atoms with Gasteiger partial charge in [-0.15, -0.1) is 0 Å². The lowest BCUT2D eigenvalue weighted by Crippen LogP contribution is -2.50. The van der Waals surface area contributed by atoms with Crippen molar-refractivity contribution in [2.45, 2.75) is 19.4 Å². The van der Waals surface area contributed by atoms with Crippen LogP contribution in [0.3, 0.4) is 0 Å². The Hall–Kier alpha value is -3.06. The SMILES string of the molecule is CC(=O)N1CCN(CC(=O)N2N=C(c3ccccc3)C[C@@H]2c2ccc(F)cc2)CC1. The Morgan fingerprint density at radius 3 is 2.30 bits per heavy atom. The van der Waals surface area contributed by atoms with Crippen molar-refractivity contribution in [3.63, 3.8) is 0 Å². The zero-order chi connectivity index (χ0) is 21.1. The Bertz CT molecular complexity index is 937. The van der Waals surface area contributed by atoms with Gasteiger partial charge in [0.25, 0.3) is 5.91 Å². The van der Waals surface area contributed by atoms with Crippen molar-refractivity contribution in [2.24, 2.45) is 5.10 Å². The van der Waals surface area contributed by atoms with Gasteiger partial charge >= 0.3 is 0 Å². The molecule has 2 heterocycles. The second-order valence-electron chi connectivity index (χ2n) is 7.70. The summed E-state index contributed by atoms with van der Waals surface area (Å²) in [7, 11) is 0. The first kappa shape index (κ1) is 20.2. The lowest BCUT2D eigenvalue weighted by Gasteiger charge is -2.34. The molecule has 2 aromatic rings. The maximum atomic E-state index is 13.4. The van der Waals surface area contributed by atoms with E-state index in [1.165, 1.54) is 12.1 Å². The first-order valence-electron chi connectivity index (χ1n) is 10.2. The van der Waals surface area contributed by atoms with Crippen molar-refractivity contribution in [3.8, 4) is 0 Å². The molecule has 156 valence electrons. The van der Waals surface area contributed by atoms with Gasteiger partial charge < -0.3 is 4.90 Å².